The van der Waals surface area contributed by atoms with E-state index < -0.39 is 17.7 Å². The first-order valence-corrected chi connectivity index (χ1v) is 3.77. The fourth-order valence-corrected chi connectivity index (χ4v) is 0.991. The van der Waals surface area contributed by atoms with Crippen molar-refractivity contribution in [3.8, 4) is 0 Å². The molecule has 0 amide bonds. The Morgan fingerprint density at radius 2 is 1.93 bits per heavy atom. The zero-order valence-electron chi connectivity index (χ0n) is 6.61. The van der Waals surface area contributed by atoms with Crippen LogP contribution in [-0.2, 0) is 12.1 Å². The zero-order chi connectivity index (χ0) is 10.1. The normalized spacial score (nSPS) is 10.9. The van der Waals surface area contributed by atoms with E-state index in [2.05, 4.69) is 4.98 Å². The summed E-state index contributed by atoms with van der Waals surface area (Å²) >= 11 is 5.22. The van der Waals surface area contributed by atoms with E-state index in [9.17, 15) is 17.6 Å². The molecule has 0 aliphatic rings. The highest BCUT2D eigenvalue weighted by Crippen LogP contribution is 2.30. The molecule has 1 nitrogen and oxygen atoms in total. The maximum Gasteiger partial charge on any atom is 0.436 e. The van der Waals surface area contributed by atoms with Crippen LogP contribution in [0.15, 0.2) is 12.3 Å². The summed E-state index contributed by atoms with van der Waals surface area (Å²) in [6, 6.07) is 1.11. The highest BCUT2D eigenvalue weighted by Gasteiger charge is 2.36. The van der Waals surface area contributed by atoms with E-state index in [-0.39, 0.29) is 23.9 Å². The van der Waals surface area contributed by atoms with Crippen molar-refractivity contribution in [2.24, 2.45) is 0 Å². The van der Waals surface area contributed by atoms with Gasteiger partial charge in [0.15, 0.2) is 11.5 Å². The number of rotatable bonds is 1. The second-order valence-corrected chi connectivity index (χ2v) is 2.53. The largest absolute Gasteiger partial charge is 0.436 e. The Hall–Kier alpha value is -0.550. The SMILES string of the molecule is Cl.Fc1c(CCl)ccnc1C(F)(F)F. The van der Waals surface area contributed by atoms with E-state index in [1.165, 1.54) is 0 Å². The van der Waals surface area contributed by atoms with Crippen LogP contribution >= 0.6 is 24.0 Å². The summed E-state index contributed by atoms with van der Waals surface area (Å²) in [5, 5.41) is 0. The Bertz CT molecular complexity index is 313. The summed E-state index contributed by atoms with van der Waals surface area (Å²) in [5.74, 6) is -1.71. The smallest absolute Gasteiger partial charge is 0.249 e. The van der Waals surface area contributed by atoms with Crippen molar-refractivity contribution in [2.75, 3.05) is 0 Å². The van der Waals surface area contributed by atoms with E-state index in [0.717, 1.165) is 12.3 Å². The summed E-state index contributed by atoms with van der Waals surface area (Å²) in [6.45, 7) is 0. The first kappa shape index (κ1) is 13.4. The van der Waals surface area contributed by atoms with Gasteiger partial charge in [-0.1, -0.05) is 0 Å². The molecule has 0 spiro atoms. The summed E-state index contributed by atoms with van der Waals surface area (Å²) in [7, 11) is 0. The van der Waals surface area contributed by atoms with E-state index in [0.29, 0.717) is 0 Å². The number of aromatic nitrogens is 1. The van der Waals surface area contributed by atoms with Crippen molar-refractivity contribution < 1.29 is 17.6 Å². The van der Waals surface area contributed by atoms with Crippen LogP contribution in [0.1, 0.15) is 11.3 Å². The van der Waals surface area contributed by atoms with Crippen LogP contribution in [-0.4, -0.2) is 4.98 Å². The highest BCUT2D eigenvalue weighted by atomic mass is 35.5. The lowest BCUT2D eigenvalue weighted by molar-refractivity contribution is -0.143. The summed E-state index contributed by atoms with van der Waals surface area (Å²) in [5.41, 5.74) is -1.73. The van der Waals surface area contributed by atoms with Crippen LogP contribution in [0, 0.1) is 5.82 Å². The monoisotopic (exact) mass is 249 g/mol. The average Bonchev–Trinajstić information content (AvgIpc) is 2.02. The highest BCUT2D eigenvalue weighted by molar-refractivity contribution is 6.17. The lowest BCUT2D eigenvalue weighted by Crippen LogP contribution is -2.12. The molecule has 0 saturated carbocycles. The van der Waals surface area contributed by atoms with Gasteiger partial charge in [0.05, 0.1) is 5.88 Å². The Labute approximate surface area is 88.5 Å². The summed E-state index contributed by atoms with van der Waals surface area (Å²) in [6.07, 6.45) is -3.89. The fraction of sp³-hybridized carbons (Fsp3) is 0.286. The van der Waals surface area contributed by atoms with Crippen molar-refractivity contribution in [1.29, 1.82) is 0 Å². The molecule has 1 aromatic rings. The molecule has 0 fully saturated rings. The molecule has 1 heterocycles. The maximum atomic E-state index is 12.9. The Morgan fingerprint density at radius 1 is 1.36 bits per heavy atom. The van der Waals surface area contributed by atoms with Crippen LogP contribution in [0.25, 0.3) is 0 Å². The fourth-order valence-electron chi connectivity index (χ4n) is 0.785. The maximum absolute atomic E-state index is 12.9. The van der Waals surface area contributed by atoms with Crippen LogP contribution in [0.5, 0.6) is 0 Å². The van der Waals surface area contributed by atoms with Crippen LogP contribution in [0.3, 0.4) is 0 Å². The lowest BCUT2D eigenvalue weighted by atomic mass is 10.2. The molecule has 1 aromatic heterocycles. The van der Waals surface area contributed by atoms with Crippen molar-refractivity contribution >= 4 is 24.0 Å². The molecule has 14 heavy (non-hydrogen) atoms. The van der Waals surface area contributed by atoms with Gasteiger partial charge < -0.3 is 0 Å². The third kappa shape index (κ3) is 2.72. The molecule has 0 atom stereocenters. The van der Waals surface area contributed by atoms with Gasteiger partial charge >= 0.3 is 6.18 Å². The first-order chi connectivity index (χ1) is 5.96. The van der Waals surface area contributed by atoms with Crippen molar-refractivity contribution in [2.45, 2.75) is 12.1 Å². The van der Waals surface area contributed by atoms with Crippen molar-refractivity contribution in [3.05, 3.63) is 29.3 Å². The summed E-state index contributed by atoms with van der Waals surface area (Å²) < 4.78 is 49.0. The van der Waals surface area contributed by atoms with Crippen LogP contribution < -0.4 is 0 Å². The summed E-state index contributed by atoms with van der Waals surface area (Å²) in [4.78, 5) is 2.90. The van der Waals surface area contributed by atoms with E-state index in [1.54, 1.807) is 0 Å². The van der Waals surface area contributed by atoms with E-state index >= 15 is 0 Å². The van der Waals surface area contributed by atoms with Gasteiger partial charge in [-0.05, 0) is 6.07 Å². The Balaban J connectivity index is 0.00000169. The molecular formula is C7H5Cl2F4N. The molecule has 0 aromatic carbocycles. The van der Waals surface area contributed by atoms with Gasteiger partial charge in [-0.2, -0.15) is 13.2 Å². The van der Waals surface area contributed by atoms with E-state index in [4.69, 9.17) is 11.6 Å². The quantitative estimate of drug-likeness (QED) is 0.549. The molecule has 0 aliphatic heterocycles. The second-order valence-electron chi connectivity index (χ2n) is 2.26. The molecule has 0 radical (unpaired) electrons. The number of hydrogen-bond donors (Lipinski definition) is 0. The van der Waals surface area contributed by atoms with Crippen molar-refractivity contribution in [1.82, 2.24) is 4.98 Å². The predicted octanol–water partition coefficient (Wildman–Crippen LogP) is 3.40. The van der Waals surface area contributed by atoms with Gasteiger partial charge in [-0.3, -0.25) is 0 Å². The molecule has 7 heteroatoms. The minimum Gasteiger partial charge on any atom is -0.249 e. The van der Waals surface area contributed by atoms with Gasteiger partial charge in [-0.25, -0.2) is 9.37 Å². The molecular weight excluding hydrogens is 245 g/mol. The molecule has 80 valence electrons. The van der Waals surface area contributed by atoms with Gasteiger partial charge in [0.2, 0.25) is 0 Å². The van der Waals surface area contributed by atoms with Crippen LogP contribution in [0.2, 0.25) is 0 Å². The topological polar surface area (TPSA) is 12.9 Å². The first-order valence-electron chi connectivity index (χ1n) is 3.23. The number of nitrogens with zero attached hydrogens (tertiary/aromatic N) is 1. The number of alkyl halides is 4. The third-order valence-electron chi connectivity index (χ3n) is 1.38. The molecule has 1 rings (SSSR count). The molecule has 0 saturated heterocycles. The number of halogens is 6. The molecule has 0 unspecified atom stereocenters. The molecule has 0 aliphatic carbocycles. The minimum absolute atomic E-state index is 0. The zero-order valence-corrected chi connectivity index (χ0v) is 8.18. The Kier molecular flexibility index (Phi) is 4.61. The molecule has 0 N–H and O–H groups in total. The lowest BCUT2D eigenvalue weighted by Gasteiger charge is -2.07. The van der Waals surface area contributed by atoms with Gasteiger partial charge in [0.1, 0.15) is 0 Å². The predicted molar refractivity (Wildman–Crippen MR) is 46.0 cm³/mol. The van der Waals surface area contributed by atoms with Gasteiger partial charge in [-0.15, -0.1) is 24.0 Å². The second kappa shape index (κ2) is 4.79. The van der Waals surface area contributed by atoms with Crippen LogP contribution in [0.4, 0.5) is 17.6 Å². The Morgan fingerprint density at radius 3 is 2.36 bits per heavy atom. The van der Waals surface area contributed by atoms with Gasteiger partial charge in [0, 0.05) is 11.8 Å². The van der Waals surface area contributed by atoms with E-state index in [1.807, 2.05) is 0 Å². The standard InChI is InChI=1S/C7H4ClF4N.ClH/c8-3-4-1-2-13-6(5(4)9)7(10,11)12;/h1-2H,3H2;1H. The van der Waals surface area contributed by atoms with Gasteiger partial charge in [0.25, 0.3) is 0 Å². The number of hydrogen-bond acceptors (Lipinski definition) is 1. The third-order valence-corrected chi connectivity index (χ3v) is 1.67. The average molecular weight is 250 g/mol. The molecule has 0 bridgehead atoms. The van der Waals surface area contributed by atoms with Crippen molar-refractivity contribution in [3.63, 3.8) is 0 Å². The minimum atomic E-state index is -4.77. The number of pyridine rings is 1.